The predicted octanol–water partition coefficient (Wildman–Crippen LogP) is 1.54. The normalized spacial score (nSPS) is 29.0. The molecule has 7 heteroatoms. The lowest BCUT2D eigenvalue weighted by Gasteiger charge is -2.33. The standard InChI is InChI=1S/C17H26N4O3/c22-16-6-5-15(16)21-11-14(18-19-21)17(23)20-9-7-13(8-10-20)24-12-3-1-2-4-12/h11-13,15-16,22H,1-10H2/t15-,16-/m1/s1. The number of piperidine rings is 1. The summed E-state index contributed by atoms with van der Waals surface area (Å²) in [7, 11) is 0. The van der Waals surface area contributed by atoms with Gasteiger partial charge in [0.2, 0.25) is 0 Å². The minimum atomic E-state index is -0.363. The van der Waals surface area contributed by atoms with Crippen LogP contribution in [0.15, 0.2) is 6.20 Å². The lowest BCUT2D eigenvalue weighted by molar-refractivity contribution is -0.0358. The van der Waals surface area contributed by atoms with E-state index in [-0.39, 0.29) is 24.2 Å². The molecular weight excluding hydrogens is 308 g/mol. The van der Waals surface area contributed by atoms with Gasteiger partial charge in [0.15, 0.2) is 5.69 Å². The minimum Gasteiger partial charge on any atom is -0.391 e. The number of carbonyl (C=O) groups is 1. The van der Waals surface area contributed by atoms with Crippen LogP contribution in [-0.2, 0) is 4.74 Å². The summed E-state index contributed by atoms with van der Waals surface area (Å²) in [4.78, 5) is 14.4. The Morgan fingerprint density at radius 1 is 1.08 bits per heavy atom. The molecule has 2 saturated carbocycles. The topological polar surface area (TPSA) is 80.5 Å². The van der Waals surface area contributed by atoms with Gasteiger partial charge >= 0.3 is 0 Å². The Hall–Kier alpha value is -1.47. The van der Waals surface area contributed by atoms with Crippen LogP contribution in [0.4, 0.5) is 0 Å². The third-order valence-electron chi connectivity index (χ3n) is 5.69. The van der Waals surface area contributed by atoms with E-state index < -0.39 is 0 Å². The quantitative estimate of drug-likeness (QED) is 0.903. The Bertz CT molecular complexity index is 576. The molecule has 0 bridgehead atoms. The van der Waals surface area contributed by atoms with Crippen molar-refractivity contribution >= 4 is 5.91 Å². The number of aliphatic hydroxyl groups is 1. The van der Waals surface area contributed by atoms with E-state index in [9.17, 15) is 9.90 Å². The number of carbonyl (C=O) groups excluding carboxylic acids is 1. The summed E-state index contributed by atoms with van der Waals surface area (Å²) in [6.07, 6.45) is 10.5. The van der Waals surface area contributed by atoms with Gasteiger partial charge in [-0.3, -0.25) is 4.79 Å². The molecule has 0 spiro atoms. The highest BCUT2D eigenvalue weighted by Gasteiger charge is 2.33. The SMILES string of the molecule is O=C(c1cn([C@@H]2CC[C@H]2O)nn1)N1CCC(OC2CCCC2)CC1. The maximum atomic E-state index is 12.6. The number of aliphatic hydroxyl groups excluding tert-OH is 1. The van der Waals surface area contributed by atoms with Gasteiger partial charge < -0.3 is 14.7 Å². The van der Waals surface area contributed by atoms with Crippen molar-refractivity contribution in [2.45, 2.75) is 75.7 Å². The summed E-state index contributed by atoms with van der Waals surface area (Å²) in [6, 6.07) is -0.0235. The van der Waals surface area contributed by atoms with Crippen LogP contribution in [0.2, 0.25) is 0 Å². The van der Waals surface area contributed by atoms with E-state index in [1.54, 1.807) is 10.9 Å². The molecule has 0 unspecified atom stereocenters. The summed E-state index contributed by atoms with van der Waals surface area (Å²) in [5.41, 5.74) is 0.379. The van der Waals surface area contributed by atoms with Crippen molar-refractivity contribution < 1.29 is 14.6 Å². The average Bonchev–Trinajstić information content (AvgIpc) is 3.26. The van der Waals surface area contributed by atoms with E-state index in [0.29, 0.717) is 11.8 Å². The van der Waals surface area contributed by atoms with Gasteiger partial charge in [0.05, 0.1) is 30.6 Å². The molecule has 0 radical (unpaired) electrons. The highest BCUT2D eigenvalue weighted by molar-refractivity contribution is 5.92. The van der Waals surface area contributed by atoms with Crippen molar-refractivity contribution in [2.75, 3.05) is 13.1 Å². The van der Waals surface area contributed by atoms with Gasteiger partial charge in [0.25, 0.3) is 5.91 Å². The molecule has 1 aliphatic heterocycles. The first kappa shape index (κ1) is 16.0. The van der Waals surface area contributed by atoms with Crippen LogP contribution in [0.5, 0.6) is 0 Å². The number of ether oxygens (including phenoxy) is 1. The lowest BCUT2D eigenvalue weighted by Crippen LogP contribution is -2.41. The molecule has 2 atom stereocenters. The van der Waals surface area contributed by atoms with Gasteiger partial charge in [-0.05, 0) is 38.5 Å². The van der Waals surface area contributed by atoms with E-state index in [2.05, 4.69) is 10.3 Å². The second kappa shape index (κ2) is 6.80. The monoisotopic (exact) mass is 334 g/mol. The Kier molecular flexibility index (Phi) is 4.54. The van der Waals surface area contributed by atoms with Crippen LogP contribution in [-0.4, -0.2) is 62.3 Å². The minimum absolute atomic E-state index is 0.0235. The molecule has 1 aromatic rings. The number of hydrogen-bond acceptors (Lipinski definition) is 5. The van der Waals surface area contributed by atoms with Gasteiger partial charge in [-0.1, -0.05) is 18.1 Å². The summed E-state index contributed by atoms with van der Waals surface area (Å²) in [6.45, 7) is 1.43. The molecule has 7 nitrogen and oxygen atoms in total. The fourth-order valence-electron chi connectivity index (χ4n) is 3.96. The van der Waals surface area contributed by atoms with E-state index in [4.69, 9.17) is 4.74 Å². The Labute approximate surface area is 142 Å². The second-order valence-electron chi connectivity index (χ2n) is 7.33. The first-order valence-corrected chi connectivity index (χ1v) is 9.25. The zero-order valence-corrected chi connectivity index (χ0v) is 14.0. The number of amides is 1. The van der Waals surface area contributed by atoms with Gasteiger partial charge in [-0.15, -0.1) is 5.10 Å². The highest BCUT2D eigenvalue weighted by Crippen LogP contribution is 2.31. The van der Waals surface area contributed by atoms with E-state index in [1.807, 2.05) is 4.90 Å². The Balaban J connectivity index is 1.29. The van der Waals surface area contributed by atoms with Crippen molar-refractivity contribution in [1.29, 1.82) is 0 Å². The maximum Gasteiger partial charge on any atom is 0.276 e. The van der Waals surface area contributed by atoms with Crippen LogP contribution >= 0.6 is 0 Å². The summed E-state index contributed by atoms with van der Waals surface area (Å²) < 4.78 is 7.79. The molecule has 3 aliphatic rings. The summed E-state index contributed by atoms with van der Waals surface area (Å²) in [5, 5.41) is 17.7. The third kappa shape index (κ3) is 3.19. The zero-order valence-electron chi connectivity index (χ0n) is 14.0. The Morgan fingerprint density at radius 3 is 2.42 bits per heavy atom. The van der Waals surface area contributed by atoms with Crippen LogP contribution in [0.3, 0.4) is 0 Å². The van der Waals surface area contributed by atoms with Gasteiger partial charge in [-0.2, -0.15) is 0 Å². The van der Waals surface area contributed by atoms with Crippen LogP contribution in [0.1, 0.15) is 67.9 Å². The first-order valence-electron chi connectivity index (χ1n) is 9.25. The van der Waals surface area contributed by atoms with Crippen LogP contribution in [0, 0.1) is 0 Å². The lowest BCUT2D eigenvalue weighted by atomic mass is 9.89. The van der Waals surface area contributed by atoms with Gasteiger partial charge in [0.1, 0.15) is 0 Å². The average molecular weight is 334 g/mol. The number of nitrogens with zero attached hydrogens (tertiary/aromatic N) is 4. The molecule has 1 amide bonds. The van der Waals surface area contributed by atoms with Gasteiger partial charge in [-0.25, -0.2) is 4.68 Å². The fraction of sp³-hybridized carbons (Fsp3) is 0.824. The molecule has 24 heavy (non-hydrogen) atoms. The molecule has 1 N–H and O–H groups in total. The van der Waals surface area contributed by atoms with Crippen LogP contribution in [0.25, 0.3) is 0 Å². The van der Waals surface area contributed by atoms with E-state index in [1.165, 1.54) is 25.7 Å². The number of hydrogen-bond donors (Lipinski definition) is 1. The van der Waals surface area contributed by atoms with Crippen LogP contribution < -0.4 is 0 Å². The summed E-state index contributed by atoms with van der Waals surface area (Å²) in [5.74, 6) is -0.0608. The molecule has 1 aromatic heterocycles. The number of rotatable bonds is 4. The highest BCUT2D eigenvalue weighted by atomic mass is 16.5. The smallest absolute Gasteiger partial charge is 0.276 e. The van der Waals surface area contributed by atoms with E-state index >= 15 is 0 Å². The van der Waals surface area contributed by atoms with Crippen molar-refractivity contribution in [3.8, 4) is 0 Å². The van der Waals surface area contributed by atoms with Crippen molar-refractivity contribution in [3.05, 3.63) is 11.9 Å². The number of likely N-dealkylation sites (tertiary alicyclic amines) is 1. The predicted molar refractivity (Wildman–Crippen MR) is 86.6 cm³/mol. The van der Waals surface area contributed by atoms with Crippen molar-refractivity contribution in [3.63, 3.8) is 0 Å². The third-order valence-corrected chi connectivity index (χ3v) is 5.69. The van der Waals surface area contributed by atoms with Gasteiger partial charge in [0, 0.05) is 13.1 Å². The van der Waals surface area contributed by atoms with Crippen molar-refractivity contribution in [2.24, 2.45) is 0 Å². The molecule has 4 rings (SSSR count). The molecule has 3 fully saturated rings. The first-order chi connectivity index (χ1) is 11.7. The zero-order chi connectivity index (χ0) is 16.5. The molecule has 0 aromatic carbocycles. The molecule has 2 heterocycles. The van der Waals surface area contributed by atoms with E-state index in [0.717, 1.165) is 38.8 Å². The maximum absolute atomic E-state index is 12.6. The molecule has 132 valence electrons. The fourth-order valence-corrected chi connectivity index (χ4v) is 3.96. The molecule has 2 aliphatic carbocycles. The van der Waals surface area contributed by atoms with Crippen molar-refractivity contribution in [1.82, 2.24) is 19.9 Å². The Morgan fingerprint density at radius 2 is 1.79 bits per heavy atom. The number of aromatic nitrogens is 3. The second-order valence-corrected chi connectivity index (χ2v) is 7.33. The largest absolute Gasteiger partial charge is 0.391 e. The molecular formula is C17H26N4O3. The molecule has 1 saturated heterocycles. The summed E-state index contributed by atoms with van der Waals surface area (Å²) >= 11 is 0.